The Kier molecular flexibility index (Phi) is 5.40. The molecule has 0 aliphatic carbocycles. The molecule has 0 aromatic carbocycles. The number of carboxylic acid groups (broad SMARTS) is 1. The third-order valence-electron chi connectivity index (χ3n) is 3.63. The second kappa shape index (κ2) is 6.95. The van der Waals surface area contributed by atoms with E-state index in [1.54, 1.807) is 11.4 Å². The Balaban J connectivity index is 2.11. The zero-order valence-corrected chi connectivity index (χ0v) is 14.3. The van der Waals surface area contributed by atoms with Gasteiger partial charge in [0, 0.05) is 20.1 Å². The molecule has 0 saturated carbocycles. The molecule has 128 valence electrons. The van der Waals surface area contributed by atoms with E-state index in [2.05, 4.69) is 4.72 Å². The third-order valence-corrected chi connectivity index (χ3v) is 6.56. The van der Waals surface area contributed by atoms with Crippen molar-refractivity contribution in [2.75, 3.05) is 13.7 Å². The second-order valence-corrected chi connectivity index (χ2v) is 8.10. The molecule has 3 unspecified atom stereocenters. The lowest BCUT2D eigenvalue weighted by atomic mass is 10.2. The number of hydrogen-bond donors (Lipinski definition) is 2. The topological polar surface area (TPSA) is 113 Å². The van der Waals surface area contributed by atoms with Gasteiger partial charge in [-0.25, -0.2) is 13.2 Å². The molecule has 1 amide bonds. The Morgan fingerprint density at radius 1 is 1.52 bits per heavy atom. The van der Waals surface area contributed by atoms with Crippen LogP contribution in [0.25, 0.3) is 0 Å². The highest BCUT2D eigenvalue weighted by Gasteiger charge is 2.41. The molecule has 3 atom stereocenters. The number of amides is 1. The van der Waals surface area contributed by atoms with E-state index in [4.69, 9.17) is 4.74 Å². The summed E-state index contributed by atoms with van der Waals surface area (Å²) in [5.74, 6) is -1.72. The maximum atomic E-state index is 12.5. The number of rotatable bonds is 6. The zero-order chi connectivity index (χ0) is 17.2. The van der Waals surface area contributed by atoms with Crippen molar-refractivity contribution in [3.63, 3.8) is 0 Å². The molecule has 1 fully saturated rings. The van der Waals surface area contributed by atoms with Crippen LogP contribution in [-0.2, 0) is 24.3 Å². The first-order valence-electron chi connectivity index (χ1n) is 6.88. The number of carboxylic acids is 1. The quantitative estimate of drug-likeness (QED) is 0.743. The number of nitrogens with one attached hydrogen (secondary N) is 1. The second-order valence-electron chi connectivity index (χ2n) is 5.21. The van der Waals surface area contributed by atoms with Gasteiger partial charge in [0.2, 0.25) is 5.91 Å². The van der Waals surface area contributed by atoms with Gasteiger partial charge >= 0.3 is 5.97 Å². The predicted octanol–water partition coefficient (Wildman–Crippen LogP) is 0.115. The van der Waals surface area contributed by atoms with Gasteiger partial charge in [-0.2, -0.15) is 4.72 Å². The van der Waals surface area contributed by atoms with Crippen molar-refractivity contribution in [3.05, 3.63) is 17.5 Å². The van der Waals surface area contributed by atoms with Crippen LogP contribution >= 0.6 is 11.3 Å². The van der Waals surface area contributed by atoms with Crippen molar-refractivity contribution in [1.82, 2.24) is 9.62 Å². The lowest BCUT2D eigenvalue weighted by molar-refractivity contribution is -0.148. The van der Waals surface area contributed by atoms with E-state index >= 15 is 0 Å². The Labute approximate surface area is 138 Å². The molecule has 0 spiro atoms. The first-order chi connectivity index (χ1) is 10.8. The summed E-state index contributed by atoms with van der Waals surface area (Å²) in [6.07, 6.45) is -0.191. The van der Waals surface area contributed by atoms with Gasteiger partial charge in [-0.3, -0.25) is 4.79 Å². The number of carbonyl (C=O) groups excluding carboxylic acids is 1. The third kappa shape index (κ3) is 3.89. The minimum Gasteiger partial charge on any atom is -0.480 e. The Morgan fingerprint density at radius 2 is 2.22 bits per heavy atom. The first kappa shape index (κ1) is 17.9. The van der Waals surface area contributed by atoms with Gasteiger partial charge < -0.3 is 14.7 Å². The predicted molar refractivity (Wildman–Crippen MR) is 82.7 cm³/mol. The number of sulfonamides is 1. The molecule has 1 aromatic heterocycles. The van der Waals surface area contributed by atoms with E-state index in [0.717, 1.165) is 16.2 Å². The number of aliphatic carboxylic acids is 1. The maximum Gasteiger partial charge on any atom is 0.326 e. The highest BCUT2D eigenvalue weighted by molar-refractivity contribution is 7.91. The Morgan fingerprint density at radius 3 is 2.74 bits per heavy atom. The average molecular weight is 362 g/mol. The molecular weight excluding hydrogens is 344 g/mol. The first-order valence-corrected chi connectivity index (χ1v) is 9.24. The lowest BCUT2D eigenvalue weighted by Crippen LogP contribution is -2.50. The fourth-order valence-electron chi connectivity index (χ4n) is 2.45. The van der Waals surface area contributed by atoms with Crippen LogP contribution in [-0.4, -0.2) is 62.1 Å². The number of methoxy groups -OCH3 is 1. The van der Waals surface area contributed by atoms with Crippen molar-refractivity contribution in [2.24, 2.45) is 0 Å². The number of likely N-dealkylation sites (tertiary alicyclic amines) is 1. The molecule has 0 radical (unpaired) electrons. The van der Waals surface area contributed by atoms with Crippen LogP contribution in [0.15, 0.2) is 21.7 Å². The van der Waals surface area contributed by atoms with Crippen LogP contribution in [0, 0.1) is 0 Å². The summed E-state index contributed by atoms with van der Waals surface area (Å²) in [5.41, 5.74) is 0. The summed E-state index contributed by atoms with van der Waals surface area (Å²) < 4.78 is 31.8. The lowest BCUT2D eigenvalue weighted by Gasteiger charge is -2.25. The van der Waals surface area contributed by atoms with Crippen molar-refractivity contribution in [2.45, 2.75) is 35.7 Å². The van der Waals surface area contributed by atoms with Gasteiger partial charge in [0.25, 0.3) is 10.0 Å². The summed E-state index contributed by atoms with van der Waals surface area (Å²) in [5, 5.41) is 10.8. The Bertz CT molecular complexity index is 673. The smallest absolute Gasteiger partial charge is 0.326 e. The van der Waals surface area contributed by atoms with Crippen LogP contribution in [0.5, 0.6) is 0 Å². The van der Waals surface area contributed by atoms with E-state index in [9.17, 15) is 23.1 Å². The number of thiophene rings is 1. The van der Waals surface area contributed by atoms with Gasteiger partial charge in [-0.15, -0.1) is 11.3 Å². The molecule has 1 aromatic rings. The summed E-state index contributed by atoms with van der Waals surface area (Å²) in [6.45, 7) is 1.52. The largest absolute Gasteiger partial charge is 0.480 e. The monoisotopic (exact) mass is 362 g/mol. The highest BCUT2D eigenvalue weighted by Crippen LogP contribution is 2.22. The van der Waals surface area contributed by atoms with Crippen LogP contribution in [0.3, 0.4) is 0 Å². The summed E-state index contributed by atoms with van der Waals surface area (Å²) in [6, 6.07) is 0.942. The minimum atomic E-state index is -3.81. The van der Waals surface area contributed by atoms with Gasteiger partial charge in [0.1, 0.15) is 10.3 Å². The molecule has 1 saturated heterocycles. The van der Waals surface area contributed by atoms with Crippen LogP contribution in [0.2, 0.25) is 0 Å². The van der Waals surface area contributed by atoms with Crippen molar-refractivity contribution < 1.29 is 27.9 Å². The van der Waals surface area contributed by atoms with E-state index in [1.165, 1.54) is 20.1 Å². The molecule has 8 nitrogen and oxygen atoms in total. The molecule has 2 heterocycles. The Hall–Kier alpha value is -1.49. The van der Waals surface area contributed by atoms with Crippen molar-refractivity contribution in [1.29, 1.82) is 0 Å². The standard InChI is InChI=1S/C13H18N2O6S2/c1-8(14-23(19,20)11-4-3-5-22-11)12(16)15-7-9(21-2)6-10(15)13(17)18/h3-5,8-10,14H,6-7H2,1-2H3,(H,17,18). The minimum absolute atomic E-state index is 0.100. The summed E-state index contributed by atoms with van der Waals surface area (Å²) in [4.78, 5) is 24.9. The fourth-order valence-corrected chi connectivity index (χ4v) is 4.66. The molecule has 23 heavy (non-hydrogen) atoms. The molecular formula is C13H18N2O6S2. The van der Waals surface area contributed by atoms with Crippen LogP contribution < -0.4 is 4.72 Å². The number of nitrogens with zero attached hydrogens (tertiary/aromatic N) is 1. The van der Waals surface area contributed by atoms with Gasteiger partial charge in [-0.05, 0) is 18.4 Å². The summed E-state index contributed by atoms with van der Waals surface area (Å²) in [7, 11) is -2.36. The molecule has 2 N–H and O–H groups in total. The molecule has 0 bridgehead atoms. The van der Waals surface area contributed by atoms with Gasteiger partial charge in [0.15, 0.2) is 0 Å². The fraction of sp³-hybridized carbons (Fsp3) is 0.538. The van der Waals surface area contributed by atoms with Gasteiger partial charge in [-0.1, -0.05) is 6.07 Å². The number of carbonyl (C=O) groups is 2. The molecule has 1 aliphatic heterocycles. The van der Waals surface area contributed by atoms with Crippen LogP contribution in [0.4, 0.5) is 0 Å². The van der Waals surface area contributed by atoms with E-state index in [-0.39, 0.29) is 23.3 Å². The summed E-state index contributed by atoms with van der Waals surface area (Å²) >= 11 is 1.04. The maximum absolute atomic E-state index is 12.5. The number of ether oxygens (including phenoxy) is 1. The SMILES string of the molecule is COC1CC(C(=O)O)N(C(=O)C(C)NS(=O)(=O)c2cccs2)C1. The molecule has 2 rings (SSSR count). The zero-order valence-electron chi connectivity index (χ0n) is 12.6. The molecule has 10 heteroatoms. The van der Waals surface area contributed by atoms with Gasteiger partial charge in [0.05, 0.1) is 12.1 Å². The molecule has 1 aliphatic rings. The van der Waals surface area contributed by atoms with Crippen molar-refractivity contribution >= 4 is 33.2 Å². The van der Waals surface area contributed by atoms with E-state index in [1.807, 2.05) is 0 Å². The van der Waals surface area contributed by atoms with E-state index < -0.39 is 34.0 Å². The van der Waals surface area contributed by atoms with Crippen molar-refractivity contribution in [3.8, 4) is 0 Å². The van der Waals surface area contributed by atoms with Crippen LogP contribution in [0.1, 0.15) is 13.3 Å². The average Bonchev–Trinajstić information content (AvgIpc) is 3.15. The number of hydrogen-bond acceptors (Lipinski definition) is 6. The van der Waals surface area contributed by atoms with E-state index in [0.29, 0.717) is 0 Å². The highest BCUT2D eigenvalue weighted by atomic mass is 32.2. The normalized spacial score (nSPS) is 23.0.